The molecule has 10 heteroatoms. The fourth-order valence-electron chi connectivity index (χ4n) is 6.58. The van der Waals surface area contributed by atoms with Gasteiger partial charge in [-0.2, -0.15) is 0 Å². The summed E-state index contributed by atoms with van der Waals surface area (Å²) in [6.45, 7) is 5.58. The standard InChI is InChI=1S/C34H40N4O6/c1-34(2,3)29-31(39)38-19-22(18-26(38)32(40)41)43-30-24(11-6-4-5-9-21-17-27(21)44-33(42)37-29)28(20-13-15-35-16-14-20)23-10-7-8-12-25(23)36-30/h7-8,10,12-16,21-22,26-27,29H,4-6,9,11,17-19H2,1-3H3,(H,37,42)(H,40,41)/t21-,22-,26+,27-,29-/m1/s1. The van der Waals surface area contributed by atoms with Crippen molar-refractivity contribution in [3.05, 3.63) is 54.4 Å². The molecule has 44 heavy (non-hydrogen) atoms. The predicted octanol–water partition coefficient (Wildman–Crippen LogP) is 5.38. The molecule has 0 spiro atoms. The molecular formula is C34H40N4O6. The first-order valence-electron chi connectivity index (χ1n) is 15.6. The molecule has 3 aromatic rings. The third-order valence-electron chi connectivity index (χ3n) is 9.03. The van der Waals surface area contributed by atoms with Gasteiger partial charge in [0.2, 0.25) is 11.8 Å². The first-order valence-corrected chi connectivity index (χ1v) is 15.6. The predicted molar refractivity (Wildman–Crippen MR) is 164 cm³/mol. The zero-order valence-corrected chi connectivity index (χ0v) is 25.5. The highest BCUT2D eigenvalue weighted by Gasteiger charge is 2.47. The van der Waals surface area contributed by atoms with Gasteiger partial charge in [-0.25, -0.2) is 14.6 Å². The van der Waals surface area contributed by atoms with Crippen LogP contribution in [0, 0.1) is 11.3 Å². The lowest BCUT2D eigenvalue weighted by Crippen LogP contribution is -2.57. The van der Waals surface area contributed by atoms with E-state index in [-0.39, 0.29) is 19.1 Å². The van der Waals surface area contributed by atoms with Crippen molar-refractivity contribution >= 4 is 28.9 Å². The lowest BCUT2D eigenvalue weighted by molar-refractivity contribution is -0.150. The van der Waals surface area contributed by atoms with E-state index in [9.17, 15) is 19.5 Å². The Morgan fingerprint density at radius 2 is 1.80 bits per heavy atom. The SMILES string of the molecule is CC(C)(C)[C@@H]1NC(=O)O[C@@H]2C[C@H]2CCCCCc2c(nc3ccccc3c2-c2ccncc2)O[C@@H]2C[C@@H](C(=O)O)N(C2)C1=O. The summed E-state index contributed by atoms with van der Waals surface area (Å²) < 4.78 is 12.3. The largest absolute Gasteiger partial charge is 0.480 e. The third kappa shape index (κ3) is 6.21. The third-order valence-corrected chi connectivity index (χ3v) is 9.03. The van der Waals surface area contributed by atoms with Crippen LogP contribution in [0.4, 0.5) is 4.79 Å². The van der Waals surface area contributed by atoms with Gasteiger partial charge in [-0.1, -0.05) is 51.8 Å². The van der Waals surface area contributed by atoms with Crippen LogP contribution >= 0.6 is 0 Å². The van der Waals surface area contributed by atoms with Crippen LogP contribution < -0.4 is 10.1 Å². The molecule has 2 N–H and O–H groups in total. The number of alkyl carbamates (subject to hydrolysis) is 1. The number of benzene rings is 1. The summed E-state index contributed by atoms with van der Waals surface area (Å²) in [5.74, 6) is -0.801. The number of carboxylic acid groups (broad SMARTS) is 1. The molecule has 6 rings (SSSR count). The summed E-state index contributed by atoms with van der Waals surface area (Å²) in [4.78, 5) is 49.8. The molecule has 1 saturated heterocycles. The Balaban J connectivity index is 1.41. The van der Waals surface area contributed by atoms with Crippen molar-refractivity contribution < 1.29 is 29.0 Å². The summed E-state index contributed by atoms with van der Waals surface area (Å²) >= 11 is 0. The number of hydrogen-bond donors (Lipinski definition) is 2. The Hall–Kier alpha value is -4.21. The van der Waals surface area contributed by atoms with E-state index in [2.05, 4.69) is 16.4 Å². The summed E-state index contributed by atoms with van der Waals surface area (Å²) in [6, 6.07) is 9.84. The van der Waals surface area contributed by atoms with Crippen LogP contribution in [0.15, 0.2) is 48.8 Å². The molecule has 0 radical (unpaired) electrons. The number of carboxylic acids is 1. The molecule has 2 aromatic heterocycles. The zero-order valence-electron chi connectivity index (χ0n) is 25.5. The number of aromatic nitrogens is 2. The van der Waals surface area contributed by atoms with Crippen molar-refractivity contribution in [2.45, 2.75) is 90.0 Å². The van der Waals surface area contributed by atoms with E-state index in [0.29, 0.717) is 11.8 Å². The highest BCUT2D eigenvalue weighted by molar-refractivity contribution is 5.97. The molecule has 4 heterocycles. The molecule has 5 atom stereocenters. The number of rotatable bonds is 2. The number of carbonyl (C=O) groups excluding carboxylic acids is 2. The quantitative estimate of drug-likeness (QED) is 0.401. The average molecular weight is 601 g/mol. The van der Waals surface area contributed by atoms with Crippen LogP contribution in [0.25, 0.3) is 22.0 Å². The Morgan fingerprint density at radius 1 is 1.02 bits per heavy atom. The molecule has 1 aromatic carbocycles. The summed E-state index contributed by atoms with van der Waals surface area (Å²) in [5.41, 5.74) is 3.11. The van der Waals surface area contributed by atoms with E-state index in [1.807, 2.05) is 51.1 Å². The fraction of sp³-hybridized carbons (Fsp3) is 0.500. The number of ether oxygens (including phenoxy) is 2. The molecule has 1 saturated carbocycles. The zero-order chi connectivity index (χ0) is 31.0. The van der Waals surface area contributed by atoms with Gasteiger partial charge in [0, 0.05) is 29.8 Å². The number of pyridine rings is 2. The van der Waals surface area contributed by atoms with E-state index < -0.39 is 41.6 Å². The van der Waals surface area contributed by atoms with Gasteiger partial charge in [-0.3, -0.25) is 9.78 Å². The van der Waals surface area contributed by atoms with Gasteiger partial charge >= 0.3 is 12.1 Å². The van der Waals surface area contributed by atoms with Crippen LogP contribution in [0.5, 0.6) is 5.88 Å². The Kier molecular flexibility index (Phi) is 8.18. The average Bonchev–Trinajstić information content (AvgIpc) is 3.57. The van der Waals surface area contributed by atoms with Gasteiger partial charge in [0.05, 0.1) is 12.1 Å². The lowest BCUT2D eigenvalue weighted by Gasteiger charge is -2.34. The van der Waals surface area contributed by atoms with Gasteiger partial charge < -0.3 is 24.8 Å². The van der Waals surface area contributed by atoms with Crippen LogP contribution in [-0.4, -0.2) is 68.8 Å². The molecule has 3 aliphatic rings. The van der Waals surface area contributed by atoms with Gasteiger partial charge in [0.1, 0.15) is 24.3 Å². The number of fused-ring (bicyclic) bond motifs is 5. The van der Waals surface area contributed by atoms with Gasteiger partial charge in [-0.05, 0) is 66.3 Å². The number of nitrogens with one attached hydrogen (secondary N) is 1. The van der Waals surface area contributed by atoms with E-state index in [1.54, 1.807) is 12.4 Å². The van der Waals surface area contributed by atoms with Crippen molar-refractivity contribution in [2.24, 2.45) is 11.3 Å². The number of aliphatic carboxylic acids is 1. The number of carbonyl (C=O) groups is 3. The number of amides is 2. The summed E-state index contributed by atoms with van der Waals surface area (Å²) in [5, 5.41) is 13.9. The highest BCUT2D eigenvalue weighted by Crippen LogP contribution is 2.41. The molecule has 10 nitrogen and oxygen atoms in total. The van der Waals surface area contributed by atoms with Gasteiger partial charge in [0.15, 0.2) is 0 Å². The maximum absolute atomic E-state index is 14.0. The first kappa shape index (κ1) is 29.8. The molecule has 2 bridgehead atoms. The molecule has 2 fully saturated rings. The van der Waals surface area contributed by atoms with E-state index in [1.165, 1.54) is 4.90 Å². The second kappa shape index (κ2) is 12.1. The first-order chi connectivity index (χ1) is 21.1. The van der Waals surface area contributed by atoms with Crippen molar-refractivity contribution in [1.29, 1.82) is 0 Å². The summed E-state index contributed by atoms with van der Waals surface area (Å²) in [6.07, 6.45) is 7.67. The lowest BCUT2D eigenvalue weighted by atomic mass is 9.85. The van der Waals surface area contributed by atoms with Gasteiger partial charge in [0.25, 0.3) is 0 Å². The maximum Gasteiger partial charge on any atom is 0.408 e. The summed E-state index contributed by atoms with van der Waals surface area (Å²) in [7, 11) is 0. The minimum atomic E-state index is -1.12. The van der Waals surface area contributed by atoms with Crippen LogP contribution in [0.3, 0.4) is 0 Å². The molecule has 2 amide bonds. The van der Waals surface area contributed by atoms with Crippen LogP contribution in [0.1, 0.15) is 64.9 Å². The Morgan fingerprint density at radius 3 is 2.55 bits per heavy atom. The number of nitrogens with zero attached hydrogens (tertiary/aromatic N) is 3. The van der Waals surface area contributed by atoms with Crippen molar-refractivity contribution in [3.63, 3.8) is 0 Å². The molecular weight excluding hydrogens is 560 g/mol. The topological polar surface area (TPSA) is 131 Å². The highest BCUT2D eigenvalue weighted by atomic mass is 16.6. The monoisotopic (exact) mass is 600 g/mol. The normalized spacial score (nSPS) is 26.3. The Labute approximate surface area is 257 Å². The Bertz CT molecular complexity index is 1550. The van der Waals surface area contributed by atoms with E-state index >= 15 is 0 Å². The molecule has 232 valence electrons. The second-order valence-corrected chi connectivity index (χ2v) is 13.3. The smallest absolute Gasteiger partial charge is 0.408 e. The van der Waals surface area contributed by atoms with E-state index in [4.69, 9.17) is 14.5 Å². The van der Waals surface area contributed by atoms with Crippen LogP contribution in [-0.2, 0) is 20.7 Å². The van der Waals surface area contributed by atoms with Crippen molar-refractivity contribution in [1.82, 2.24) is 20.2 Å². The molecule has 2 aliphatic heterocycles. The second-order valence-electron chi connectivity index (χ2n) is 13.3. The van der Waals surface area contributed by atoms with Crippen LogP contribution in [0.2, 0.25) is 0 Å². The van der Waals surface area contributed by atoms with Gasteiger partial charge in [-0.15, -0.1) is 0 Å². The number of para-hydroxylation sites is 1. The van der Waals surface area contributed by atoms with Crippen molar-refractivity contribution in [2.75, 3.05) is 6.54 Å². The molecule has 0 unspecified atom stereocenters. The minimum absolute atomic E-state index is 0.0579. The van der Waals surface area contributed by atoms with Crippen molar-refractivity contribution in [3.8, 4) is 17.0 Å². The minimum Gasteiger partial charge on any atom is -0.480 e. The maximum atomic E-state index is 14.0. The molecule has 1 aliphatic carbocycles. The van der Waals surface area contributed by atoms with E-state index in [0.717, 1.165) is 66.1 Å². The number of hydrogen-bond acceptors (Lipinski definition) is 7. The fourth-order valence-corrected chi connectivity index (χ4v) is 6.58.